The summed E-state index contributed by atoms with van der Waals surface area (Å²) in [6.45, 7) is -0.0556. The zero-order valence-corrected chi connectivity index (χ0v) is 16.6. The third-order valence-corrected chi connectivity index (χ3v) is 3.71. The summed E-state index contributed by atoms with van der Waals surface area (Å²) in [5.74, 6) is -0.995. The number of rotatable bonds is 3. The van der Waals surface area contributed by atoms with Crippen molar-refractivity contribution < 1.29 is 13.6 Å². The highest BCUT2D eigenvalue weighted by Gasteiger charge is 1.98. The molecule has 0 bridgehead atoms. The Bertz CT molecular complexity index is 715. The zero-order valence-electron chi connectivity index (χ0n) is 15.0. The fourth-order valence-corrected chi connectivity index (χ4v) is 1.80. The predicted molar refractivity (Wildman–Crippen MR) is 113 cm³/mol. The van der Waals surface area contributed by atoms with Crippen LogP contribution in [-0.2, 0) is 4.79 Å². The molecule has 0 saturated heterocycles. The molecule has 2 aromatic carbocycles. The van der Waals surface area contributed by atoms with Crippen LogP contribution in [0, 0.1) is 11.6 Å². The number of halogens is 2. The van der Waals surface area contributed by atoms with Crippen molar-refractivity contribution in [3.8, 4) is 0 Å². The number of thiocarbonyl (C=S) groups is 2. The molecule has 0 aliphatic carbocycles. The lowest BCUT2D eigenvalue weighted by Crippen LogP contribution is -2.21. The Morgan fingerprint density at radius 3 is 1.48 bits per heavy atom. The highest BCUT2D eigenvalue weighted by molar-refractivity contribution is 7.81. The van der Waals surface area contributed by atoms with E-state index in [1.165, 1.54) is 24.3 Å². The van der Waals surface area contributed by atoms with Crippen LogP contribution >= 0.6 is 24.4 Å². The molecule has 146 valence electrons. The number of nitrogens with one attached hydrogen (secondary N) is 2. The molecule has 9 heteroatoms. The van der Waals surface area contributed by atoms with Gasteiger partial charge in [0.25, 0.3) is 0 Å². The second kappa shape index (κ2) is 13.7. The van der Waals surface area contributed by atoms with Crippen molar-refractivity contribution >= 4 is 40.3 Å². The van der Waals surface area contributed by atoms with E-state index in [2.05, 4.69) is 16.4 Å². The van der Waals surface area contributed by atoms with E-state index in [-0.39, 0.29) is 18.2 Å². The van der Waals surface area contributed by atoms with E-state index in [0.29, 0.717) is 21.1 Å². The fraction of sp³-hybridized carbons (Fsp3) is 0.167. The summed E-state index contributed by atoms with van der Waals surface area (Å²) >= 11 is 9.81. The molecule has 2 aromatic rings. The van der Waals surface area contributed by atoms with E-state index in [1.54, 1.807) is 38.4 Å². The van der Waals surface area contributed by atoms with Crippen LogP contribution in [0.15, 0.2) is 48.5 Å². The molecular formula is C18H22F2N4OS2. The van der Waals surface area contributed by atoms with Crippen molar-refractivity contribution in [3.05, 3.63) is 71.3 Å². The molecule has 2 rings (SSSR count). The lowest BCUT2D eigenvalue weighted by atomic mass is 10.2. The molecule has 0 aromatic heterocycles. The van der Waals surface area contributed by atoms with Gasteiger partial charge in [-0.05, 0) is 24.3 Å². The van der Waals surface area contributed by atoms with E-state index in [1.807, 2.05) is 0 Å². The summed E-state index contributed by atoms with van der Waals surface area (Å²) < 4.78 is 25.2. The summed E-state index contributed by atoms with van der Waals surface area (Å²) in [4.78, 5) is 10.6. The molecule has 6 N–H and O–H groups in total. The first-order valence-corrected chi connectivity index (χ1v) is 8.50. The first-order valence-electron chi connectivity index (χ1n) is 7.68. The SMILES string of the molecule is CNC(=S)c1cccc(F)c1.CNC(=S)c1cccc(F)c1.NCC(N)=O. The second-order valence-corrected chi connectivity index (χ2v) is 5.67. The third-order valence-electron chi connectivity index (χ3n) is 2.83. The van der Waals surface area contributed by atoms with Crippen LogP contribution in [0.1, 0.15) is 11.1 Å². The number of hydrogen-bond acceptors (Lipinski definition) is 4. The summed E-state index contributed by atoms with van der Waals surface area (Å²) in [5, 5.41) is 5.55. The summed E-state index contributed by atoms with van der Waals surface area (Å²) in [5.41, 5.74) is 10.6. The highest BCUT2D eigenvalue weighted by Crippen LogP contribution is 2.04. The maximum absolute atomic E-state index is 12.6. The van der Waals surface area contributed by atoms with Gasteiger partial charge in [-0.2, -0.15) is 0 Å². The largest absolute Gasteiger partial charge is 0.379 e. The van der Waals surface area contributed by atoms with Crippen LogP contribution in [0.4, 0.5) is 8.78 Å². The normalized spacial score (nSPS) is 8.93. The second-order valence-electron chi connectivity index (χ2n) is 4.85. The first kappa shape index (κ1) is 24.5. The third kappa shape index (κ3) is 11.0. The number of benzene rings is 2. The standard InChI is InChI=1S/2C8H8FNS.C2H6N2O/c2*1-10-8(11)6-3-2-4-7(9)5-6;3-1-2(4)5/h2*2-5H,1H3,(H,10,11);1,3H2,(H2,4,5). The smallest absolute Gasteiger partial charge is 0.231 e. The summed E-state index contributed by atoms with van der Waals surface area (Å²) in [6, 6.07) is 12.4. The maximum atomic E-state index is 12.6. The molecule has 0 saturated carbocycles. The molecule has 0 heterocycles. The molecule has 0 radical (unpaired) electrons. The molecular weight excluding hydrogens is 390 g/mol. The minimum atomic E-state index is -0.468. The maximum Gasteiger partial charge on any atom is 0.231 e. The van der Waals surface area contributed by atoms with E-state index in [9.17, 15) is 13.6 Å². The number of primary amides is 1. The van der Waals surface area contributed by atoms with Crippen LogP contribution < -0.4 is 22.1 Å². The molecule has 0 fully saturated rings. The number of nitrogens with two attached hydrogens (primary N) is 2. The molecule has 0 atom stereocenters. The molecule has 0 aliphatic rings. The Morgan fingerprint density at radius 2 is 1.26 bits per heavy atom. The molecule has 0 unspecified atom stereocenters. The highest BCUT2D eigenvalue weighted by atomic mass is 32.1. The van der Waals surface area contributed by atoms with Crippen LogP contribution in [0.2, 0.25) is 0 Å². The van der Waals surface area contributed by atoms with Crippen molar-refractivity contribution in [1.29, 1.82) is 0 Å². The van der Waals surface area contributed by atoms with Gasteiger partial charge in [-0.15, -0.1) is 0 Å². The van der Waals surface area contributed by atoms with E-state index in [4.69, 9.17) is 30.2 Å². The minimum Gasteiger partial charge on any atom is -0.379 e. The van der Waals surface area contributed by atoms with Gasteiger partial charge >= 0.3 is 0 Å². The Labute approximate surface area is 168 Å². The van der Waals surface area contributed by atoms with Gasteiger partial charge in [0.15, 0.2) is 0 Å². The fourth-order valence-electron chi connectivity index (χ4n) is 1.55. The molecule has 1 amide bonds. The molecule has 5 nitrogen and oxygen atoms in total. The number of amides is 1. The van der Waals surface area contributed by atoms with Gasteiger partial charge in [0, 0.05) is 25.2 Å². The van der Waals surface area contributed by atoms with E-state index in [0.717, 1.165) is 0 Å². The minimum absolute atomic E-state index is 0.0556. The zero-order chi connectivity index (χ0) is 20.8. The van der Waals surface area contributed by atoms with Gasteiger partial charge in [0.2, 0.25) is 5.91 Å². The first-order chi connectivity index (χ1) is 12.7. The van der Waals surface area contributed by atoms with Gasteiger partial charge in [-0.1, -0.05) is 48.7 Å². The number of hydrogen-bond donors (Lipinski definition) is 4. The van der Waals surface area contributed by atoms with Gasteiger partial charge in [0.1, 0.15) is 21.6 Å². The molecule has 0 aliphatic heterocycles. The topological polar surface area (TPSA) is 93.2 Å². The van der Waals surface area contributed by atoms with Crippen molar-refractivity contribution in [1.82, 2.24) is 10.6 Å². The van der Waals surface area contributed by atoms with E-state index >= 15 is 0 Å². The van der Waals surface area contributed by atoms with Gasteiger partial charge in [-0.25, -0.2) is 8.78 Å². The predicted octanol–water partition coefficient (Wildman–Crippen LogP) is 1.87. The number of carbonyl (C=O) groups is 1. The number of carbonyl (C=O) groups excluding carboxylic acids is 1. The quantitative estimate of drug-likeness (QED) is 0.575. The summed E-state index contributed by atoms with van der Waals surface area (Å²) in [6.07, 6.45) is 0. The Morgan fingerprint density at radius 1 is 0.926 bits per heavy atom. The van der Waals surface area contributed by atoms with Crippen LogP contribution in [0.25, 0.3) is 0 Å². The van der Waals surface area contributed by atoms with Gasteiger partial charge in [0.05, 0.1) is 6.54 Å². The van der Waals surface area contributed by atoms with Crippen molar-refractivity contribution in [3.63, 3.8) is 0 Å². The van der Waals surface area contributed by atoms with E-state index < -0.39 is 5.91 Å². The van der Waals surface area contributed by atoms with Crippen molar-refractivity contribution in [2.75, 3.05) is 20.6 Å². The van der Waals surface area contributed by atoms with Crippen LogP contribution in [0.3, 0.4) is 0 Å². The Kier molecular flexibility index (Phi) is 12.4. The van der Waals surface area contributed by atoms with Gasteiger partial charge in [-0.3, -0.25) is 4.79 Å². The van der Waals surface area contributed by atoms with Crippen molar-refractivity contribution in [2.24, 2.45) is 11.5 Å². The Balaban J connectivity index is 0.000000405. The lowest BCUT2D eigenvalue weighted by Gasteiger charge is -2.01. The summed E-state index contributed by atoms with van der Waals surface area (Å²) in [7, 11) is 3.43. The van der Waals surface area contributed by atoms with Crippen LogP contribution in [-0.4, -0.2) is 36.5 Å². The lowest BCUT2D eigenvalue weighted by molar-refractivity contribution is -0.116. The Hall–Kier alpha value is -2.49. The average Bonchev–Trinajstić information content (AvgIpc) is 2.67. The molecule has 0 spiro atoms. The van der Waals surface area contributed by atoms with Gasteiger partial charge < -0.3 is 22.1 Å². The van der Waals surface area contributed by atoms with Crippen molar-refractivity contribution in [2.45, 2.75) is 0 Å². The monoisotopic (exact) mass is 412 g/mol. The van der Waals surface area contributed by atoms with Crippen LogP contribution in [0.5, 0.6) is 0 Å². The molecule has 27 heavy (non-hydrogen) atoms. The average molecular weight is 413 g/mol.